The zero-order chi connectivity index (χ0) is 10.1. The van der Waals surface area contributed by atoms with E-state index < -0.39 is 0 Å². The molecule has 0 radical (unpaired) electrons. The molecule has 1 rings (SSSR count). The van der Waals surface area contributed by atoms with Crippen LogP contribution in [0.5, 0.6) is 0 Å². The number of rotatable bonds is 1. The van der Waals surface area contributed by atoms with Crippen molar-refractivity contribution in [3.8, 4) is 0 Å². The number of thiazole rings is 1. The molecule has 1 amide bonds. The summed E-state index contributed by atoms with van der Waals surface area (Å²) in [4.78, 5) is 15.6. The first-order chi connectivity index (χ1) is 5.88. The summed E-state index contributed by atoms with van der Waals surface area (Å²) in [5, 5.41) is 5.26. The van der Waals surface area contributed by atoms with E-state index in [-0.39, 0.29) is 11.4 Å². The Balaban J connectivity index is 2.70. The van der Waals surface area contributed by atoms with Crippen LogP contribution in [0.25, 0.3) is 0 Å². The lowest BCUT2D eigenvalue weighted by Gasteiger charge is -2.19. The molecule has 0 saturated carbocycles. The molecular formula is C9H14N2OS. The lowest BCUT2D eigenvalue weighted by molar-refractivity contribution is 0.0919. The Hall–Kier alpha value is -0.900. The number of aromatic nitrogens is 1. The Bertz CT molecular complexity index is 312. The van der Waals surface area contributed by atoms with E-state index in [9.17, 15) is 4.79 Å². The van der Waals surface area contributed by atoms with E-state index >= 15 is 0 Å². The third-order valence-corrected chi connectivity index (χ3v) is 2.26. The molecule has 0 unspecified atom stereocenters. The highest BCUT2D eigenvalue weighted by Gasteiger charge is 2.17. The minimum atomic E-state index is -0.198. The van der Waals surface area contributed by atoms with Crippen LogP contribution in [-0.2, 0) is 0 Å². The molecule has 0 fully saturated rings. The van der Waals surface area contributed by atoms with E-state index in [1.54, 1.807) is 0 Å². The van der Waals surface area contributed by atoms with Gasteiger partial charge in [0.25, 0.3) is 5.91 Å². The number of aryl methyl sites for hydroxylation is 1. The largest absolute Gasteiger partial charge is 0.345 e. The number of hydrogen-bond acceptors (Lipinski definition) is 3. The van der Waals surface area contributed by atoms with E-state index in [0.29, 0.717) is 5.01 Å². The number of carbonyl (C=O) groups excluding carboxylic acids is 1. The maximum absolute atomic E-state index is 11.5. The van der Waals surface area contributed by atoms with Gasteiger partial charge < -0.3 is 5.32 Å². The molecule has 0 aliphatic carbocycles. The molecule has 0 atom stereocenters. The van der Waals surface area contributed by atoms with Crippen LogP contribution in [0.2, 0.25) is 0 Å². The van der Waals surface area contributed by atoms with Gasteiger partial charge in [-0.3, -0.25) is 4.79 Å². The monoisotopic (exact) mass is 198 g/mol. The van der Waals surface area contributed by atoms with Gasteiger partial charge in [-0.25, -0.2) is 4.98 Å². The van der Waals surface area contributed by atoms with Gasteiger partial charge in [0.1, 0.15) is 0 Å². The molecule has 1 aromatic heterocycles. The van der Waals surface area contributed by atoms with Crippen LogP contribution in [0, 0.1) is 6.92 Å². The highest BCUT2D eigenvalue weighted by Crippen LogP contribution is 2.10. The minimum Gasteiger partial charge on any atom is -0.345 e. The smallest absolute Gasteiger partial charge is 0.280 e. The second-order valence-electron chi connectivity index (χ2n) is 4.00. The van der Waals surface area contributed by atoms with E-state index in [1.165, 1.54) is 11.3 Å². The fraction of sp³-hybridized carbons (Fsp3) is 0.556. The number of nitrogens with zero attached hydrogens (tertiary/aromatic N) is 1. The molecule has 0 aliphatic rings. The van der Waals surface area contributed by atoms with Crippen molar-refractivity contribution in [3.05, 3.63) is 16.1 Å². The van der Waals surface area contributed by atoms with Gasteiger partial charge in [-0.05, 0) is 27.7 Å². The van der Waals surface area contributed by atoms with E-state index in [1.807, 2.05) is 33.1 Å². The van der Waals surface area contributed by atoms with Crippen molar-refractivity contribution in [1.29, 1.82) is 0 Å². The summed E-state index contributed by atoms with van der Waals surface area (Å²) < 4.78 is 0. The molecule has 1 N–H and O–H groups in total. The normalized spacial score (nSPS) is 11.4. The first-order valence-electron chi connectivity index (χ1n) is 4.13. The number of amides is 1. The van der Waals surface area contributed by atoms with Gasteiger partial charge >= 0.3 is 0 Å². The summed E-state index contributed by atoms with van der Waals surface area (Å²) in [6, 6.07) is 0. The fourth-order valence-corrected chi connectivity index (χ4v) is 1.54. The van der Waals surface area contributed by atoms with Crippen LogP contribution in [0.4, 0.5) is 0 Å². The summed E-state index contributed by atoms with van der Waals surface area (Å²) >= 11 is 1.38. The average molecular weight is 198 g/mol. The quantitative estimate of drug-likeness (QED) is 0.749. The molecule has 3 nitrogen and oxygen atoms in total. The molecule has 0 aliphatic heterocycles. The van der Waals surface area contributed by atoms with Gasteiger partial charge in [0.15, 0.2) is 5.01 Å². The van der Waals surface area contributed by atoms with Crippen molar-refractivity contribution in [1.82, 2.24) is 10.3 Å². The van der Waals surface area contributed by atoms with Crippen LogP contribution in [0.15, 0.2) is 5.38 Å². The summed E-state index contributed by atoms with van der Waals surface area (Å²) in [5.74, 6) is -0.0920. The maximum atomic E-state index is 11.5. The van der Waals surface area contributed by atoms with Crippen molar-refractivity contribution in [2.24, 2.45) is 0 Å². The van der Waals surface area contributed by atoms with Crippen molar-refractivity contribution >= 4 is 17.2 Å². The lowest BCUT2D eigenvalue weighted by Crippen LogP contribution is -2.40. The van der Waals surface area contributed by atoms with Gasteiger partial charge in [0.2, 0.25) is 0 Å². The summed E-state index contributed by atoms with van der Waals surface area (Å²) in [6.45, 7) is 7.73. The predicted molar refractivity (Wildman–Crippen MR) is 54.1 cm³/mol. The van der Waals surface area contributed by atoms with E-state index in [2.05, 4.69) is 10.3 Å². The van der Waals surface area contributed by atoms with Crippen molar-refractivity contribution in [2.45, 2.75) is 33.2 Å². The summed E-state index contributed by atoms with van der Waals surface area (Å²) in [5.41, 5.74) is 0.695. The Morgan fingerprint density at radius 3 is 2.54 bits per heavy atom. The van der Waals surface area contributed by atoms with Gasteiger partial charge in [-0.1, -0.05) is 0 Å². The first kappa shape index (κ1) is 10.2. The highest BCUT2D eigenvalue weighted by atomic mass is 32.1. The molecule has 0 spiro atoms. The standard InChI is InChI=1S/C9H14N2OS/c1-6-5-13-8(10-6)7(12)11-9(2,3)4/h5H,1-4H3,(H,11,12). The van der Waals surface area contributed by atoms with E-state index in [4.69, 9.17) is 0 Å². The topological polar surface area (TPSA) is 42.0 Å². The molecule has 0 aromatic carbocycles. The SMILES string of the molecule is Cc1csc(C(=O)NC(C)(C)C)n1. The molecule has 72 valence electrons. The average Bonchev–Trinajstić information content (AvgIpc) is 2.31. The van der Waals surface area contributed by atoms with Crippen molar-refractivity contribution < 1.29 is 4.79 Å². The van der Waals surface area contributed by atoms with Gasteiger partial charge in [-0.15, -0.1) is 11.3 Å². The molecule has 13 heavy (non-hydrogen) atoms. The molecule has 0 saturated heterocycles. The van der Waals surface area contributed by atoms with Crippen LogP contribution in [-0.4, -0.2) is 16.4 Å². The summed E-state index contributed by atoms with van der Waals surface area (Å²) in [7, 11) is 0. The minimum absolute atomic E-state index is 0.0920. The molecule has 1 aromatic rings. The second kappa shape index (κ2) is 3.46. The second-order valence-corrected chi connectivity index (χ2v) is 4.86. The molecular weight excluding hydrogens is 184 g/mol. The zero-order valence-electron chi connectivity index (χ0n) is 8.34. The number of carbonyl (C=O) groups is 1. The van der Waals surface area contributed by atoms with Gasteiger partial charge in [0.05, 0.1) is 0 Å². The summed E-state index contributed by atoms with van der Waals surface area (Å²) in [6.07, 6.45) is 0. The Kier molecular flexibility index (Phi) is 2.71. The molecule has 0 bridgehead atoms. The predicted octanol–water partition coefficient (Wildman–Crippen LogP) is 1.98. The van der Waals surface area contributed by atoms with Gasteiger partial charge in [0, 0.05) is 16.6 Å². The number of hydrogen-bond donors (Lipinski definition) is 1. The number of nitrogens with one attached hydrogen (secondary N) is 1. The van der Waals surface area contributed by atoms with Crippen LogP contribution < -0.4 is 5.32 Å². The fourth-order valence-electron chi connectivity index (χ4n) is 0.852. The first-order valence-corrected chi connectivity index (χ1v) is 5.01. The van der Waals surface area contributed by atoms with Gasteiger partial charge in [-0.2, -0.15) is 0 Å². The Labute approximate surface area is 82.2 Å². The third kappa shape index (κ3) is 3.14. The lowest BCUT2D eigenvalue weighted by atomic mass is 10.1. The van der Waals surface area contributed by atoms with Crippen LogP contribution in [0.1, 0.15) is 36.3 Å². The van der Waals surface area contributed by atoms with Crippen LogP contribution in [0.3, 0.4) is 0 Å². The van der Waals surface area contributed by atoms with Crippen molar-refractivity contribution in [2.75, 3.05) is 0 Å². The Morgan fingerprint density at radius 2 is 2.15 bits per heavy atom. The van der Waals surface area contributed by atoms with Crippen molar-refractivity contribution in [3.63, 3.8) is 0 Å². The molecule has 1 heterocycles. The third-order valence-electron chi connectivity index (χ3n) is 1.30. The molecule has 4 heteroatoms. The Morgan fingerprint density at radius 1 is 1.54 bits per heavy atom. The maximum Gasteiger partial charge on any atom is 0.280 e. The highest BCUT2D eigenvalue weighted by molar-refractivity contribution is 7.11. The zero-order valence-corrected chi connectivity index (χ0v) is 9.16. The van der Waals surface area contributed by atoms with Crippen LogP contribution >= 0.6 is 11.3 Å². The van der Waals surface area contributed by atoms with E-state index in [0.717, 1.165) is 5.69 Å².